The van der Waals surface area contributed by atoms with Crippen LogP contribution in [0.3, 0.4) is 0 Å². The Hall–Kier alpha value is -1.13. The Morgan fingerprint density at radius 2 is 1.90 bits per heavy atom. The summed E-state index contributed by atoms with van der Waals surface area (Å²) in [6.07, 6.45) is -5.31. The summed E-state index contributed by atoms with van der Waals surface area (Å²) in [6, 6.07) is 2.97. The van der Waals surface area contributed by atoms with Crippen molar-refractivity contribution < 1.29 is 31.5 Å². The molecule has 116 valence electrons. The first-order chi connectivity index (χ1) is 9.48. The molecule has 1 fully saturated rings. The van der Waals surface area contributed by atoms with Crippen LogP contribution >= 0.6 is 15.9 Å². The molecule has 21 heavy (non-hydrogen) atoms. The molecule has 5 nitrogen and oxygen atoms in total. The van der Waals surface area contributed by atoms with Gasteiger partial charge in [0.25, 0.3) is 0 Å². The summed E-state index contributed by atoms with van der Waals surface area (Å²) in [6.45, 7) is 0. The largest absolute Gasteiger partial charge is 0.478 e. The fourth-order valence-corrected chi connectivity index (χ4v) is 4.26. The highest BCUT2D eigenvalue weighted by Gasteiger charge is 2.65. The predicted octanol–water partition coefficient (Wildman–Crippen LogP) is 2.52. The number of sulfonamides is 1. The van der Waals surface area contributed by atoms with Crippen LogP contribution in [0.2, 0.25) is 0 Å². The lowest BCUT2D eigenvalue weighted by atomic mass is 10.2. The standard InChI is InChI=1S/C11H9BrF3NO4S/c12-7-5-6(9(17)18)1-2-8(7)21(19,20)16-10(3-4-10)11(13,14)15/h1-2,5,16H,3-4H2,(H,17,18). The zero-order valence-electron chi connectivity index (χ0n) is 10.2. The molecule has 2 N–H and O–H groups in total. The molecule has 0 aliphatic heterocycles. The van der Waals surface area contributed by atoms with Gasteiger partial charge in [0.2, 0.25) is 10.0 Å². The van der Waals surface area contributed by atoms with Crippen molar-refractivity contribution in [1.29, 1.82) is 0 Å². The van der Waals surface area contributed by atoms with Gasteiger partial charge in [-0.05, 0) is 47.0 Å². The minimum atomic E-state index is -4.67. The van der Waals surface area contributed by atoms with E-state index in [9.17, 15) is 26.4 Å². The summed E-state index contributed by atoms with van der Waals surface area (Å²) in [4.78, 5) is 10.3. The Morgan fingerprint density at radius 1 is 1.33 bits per heavy atom. The average Bonchev–Trinajstić information content (AvgIpc) is 3.07. The number of carbonyl (C=O) groups is 1. The molecule has 0 heterocycles. The van der Waals surface area contributed by atoms with Crippen molar-refractivity contribution in [3.05, 3.63) is 28.2 Å². The molecule has 0 aromatic heterocycles. The van der Waals surface area contributed by atoms with Crippen molar-refractivity contribution in [3.63, 3.8) is 0 Å². The van der Waals surface area contributed by atoms with Gasteiger partial charge < -0.3 is 5.11 Å². The quantitative estimate of drug-likeness (QED) is 0.831. The maximum Gasteiger partial charge on any atom is 0.407 e. The summed E-state index contributed by atoms with van der Waals surface area (Å²) in [5.41, 5.74) is -2.60. The third kappa shape index (κ3) is 3.06. The Bertz CT molecular complexity index is 698. The molecule has 0 amide bonds. The highest BCUT2D eigenvalue weighted by Crippen LogP contribution is 2.49. The molecule has 1 aliphatic carbocycles. The van der Waals surface area contributed by atoms with Gasteiger partial charge in [0.05, 0.1) is 10.5 Å². The zero-order valence-corrected chi connectivity index (χ0v) is 12.6. The van der Waals surface area contributed by atoms with Gasteiger partial charge in [0.15, 0.2) is 0 Å². The first-order valence-electron chi connectivity index (χ1n) is 5.62. The lowest BCUT2D eigenvalue weighted by Gasteiger charge is -2.21. The van der Waals surface area contributed by atoms with Crippen molar-refractivity contribution in [3.8, 4) is 0 Å². The topological polar surface area (TPSA) is 83.5 Å². The summed E-state index contributed by atoms with van der Waals surface area (Å²) >= 11 is 2.87. The lowest BCUT2D eigenvalue weighted by Crippen LogP contribution is -2.47. The van der Waals surface area contributed by atoms with E-state index >= 15 is 0 Å². The minimum Gasteiger partial charge on any atom is -0.478 e. The van der Waals surface area contributed by atoms with Crippen LogP contribution in [0.4, 0.5) is 13.2 Å². The molecule has 0 spiro atoms. The van der Waals surface area contributed by atoms with E-state index in [4.69, 9.17) is 5.11 Å². The number of rotatable bonds is 4. The highest BCUT2D eigenvalue weighted by molar-refractivity contribution is 9.10. The van der Waals surface area contributed by atoms with E-state index in [0.717, 1.165) is 18.2 Å². The Morgan fingerprint density at radius 3 is 2.29 bits per heavy atom. The van der Waals surface area contributed by atoms with Crippen LogP contribution in [0.1, 0.15) is 23.2 Å². The number of halogens is 4. The maximum atomic E-state index is 12.8. The van der Waals surface area contributed by atoms with Gasteiger partial charge in [-0.2, -0.15) is 17.9 Å². The summed E-state index contributed by atoms with van der Waals surface area (Å²) < 4.78 is 64.0. The molecule has 0 atom stereocenters. The molecular weight excluding hydrogens is 379 g/mol. The van der Waals surface area contributed by atoms with Crippen LogP contribution in [0.25, 0.3) is 0 Å². The number of carboxylic acids is 1. The van der Waals surface area contributed by atoms with Crippen molar-refractivity contribution >= 4 is 31.9 Å². The molecule has 0 bridgehead atoms. The Balaban J connectivity index is 2.35. The van der Waals surface area contributed by atoms with Crippen molar-refractivity contribution in [2.45, 2.75) is 29.5 Å². The third-order valence-corrected chi connectivity index (χ3v) is 5.60. The second-order valence-corrected chi connectivity index (χ2v) is 7.14. The maximum absolute atomic E-state index is 12.8. The van der Waals surface area contributed by atoms with E-state index in [0.29, 0.717) is 0 Å². The van der Waals surface area contributed by atoms with Crippen LogP contribution in [0.5, 0.6) is 0 Å². The number of aromatic carboxylic acids is 1. The molecule has 2 rings (SSSR count). The van der Waals surface area contributed by atoms with E-state index in [1.165, 1.54) is 0 Å². The first kappa shape index (κ1) is 16.2. The van der Waals surface area contributed by atoms with Gasteiger partial charge >= 0.3 is 12.1 Å². The Kier molecular flexibility index (Phi) is 3.83. The highest BCUT2D eigenvalue weighted by atomic mass is 79.9. The molecule has 0 unspecified atom stereocenters. The lowest BCUT2D eigenvalue weighted by molar-refractivity contribution is -0.160. The van der Waals surface area contributed by atoms with Gasteiger partial charge in [-0.3, -0.25) is 0 Å². The molecule has 1 aromatic carbocycles. The molecule has 10 heteroatoms. The molecular formula is C11H9BrF3NO4S. The van der Waals surface area contributed by atoms with E-state index in [1.54, 1.807) is 4.72 Å². The summed E-state index contributed by atoms with van der Waals surface area (Å²) in [5.74, 6) is -1.28. The van der Waals surface area contributed by atoms with Crippen molar-refractivity contribution in [2.75, 3.05) is 0 Å². The second kappa shape index (κ2) is 4.96. The molecule has 1 saturated carbocycles. The number of hydrogen-bond acceptors (Lipinski definition) is 3. The number of hydrogen-bond donors (Lipinski definition) is 2. The molecule has 0 saturated heterocycles. The van der Waals surface area contributed by atoms with E-state index in [2.05, 4.69) is 15.9 Å². The molecule has 0 radical (unpaired) electrons. The van der Waals surface area contributed by atoms with E-state index in [1.807, 2.05) is 0 Å². The van der Waals surface area contributed by atoms with Gasteiger partial charge in [0.1, 0.15) is 5.54 Å². The zero-order chi connectivity index (χ0) is 16.1. The SMILES string of the molecule is O=C(O)c1ccc(S(=O)(=O)NC2(C(F)(F)F)CC2)c(Br)c1. The number of benzene rings is 1. The Labute approximate surface area is 126 Å². The fourth-order valence-electron chi connectivity index (χ4n) is 1.73. The summed E-state index contributed by atoms with van der Waals surface area (Å²) in [5, 5.41) is 8.77. The van der Waals surface area contributed by atoms with Crippen LogP contribution < -0.4 is 4.72 Å². The van der Waals surface area contributed by atoms with Gasteiger partial charge in [0, 0.05) is 4.47 Å². The number of nitrogens with one attached hydrogen (secondary N) is 1. The van der Waals surface area contributed by atoms with E-state index in [-0.39, 0.29) is 22.9 Å². The van der Waals surface area contributed by atoms with Crippen LogP contribution in [0, 0.1) is 0 Å². The predicted molar refractivity (Wildman–Crippen MR) is 69.4 cm³/mol. The average molecular weight is 388 g/mol. The minimum absolute atomic E-state index is 0.118. The smallest absolute Gasteiger partial charge is 0.407 e. The van der Waals surface area contributed by atoms with Gasteiger partial charge in [-0.25, -0.2) is 13.2 Å². The number of alkyl halides is 3. The first-order valence-corrected chi connectivity index (χ1v) is 7.90. The van der Waals surface area contributed by atoms with Crippen LogP contribution in [0.15, 0.2) is 27.6 Å². The third-order valence-electron chi connectivity index (χ3n) is 3.09. The summed E-state index contributed by atoms with van der Waals surface area (Å²) in [7, 11) is -4.42. The molecule has 1 aliphatic rings. The van der Waals surface area contributed by atoms with Crippen molar-refractivity contribution in [2.24, 2.45) is 0 Å². The van der Waals surface area contributed by atoms with E-state index < -0.39 is 32.6 Å². The normalized spacial score (nSPS) is 17.5. The van der Waals surface area contributed by atoms with Crippen LogP contribution in [-0.4, -0.2) is 31.2 Å². The monoisotopic (exact) mass is 387 g/mol. The fraction of sp³-hybridized carbons (Fsp3) is 0.364. The van der Waals surface area contributed by atoms with Gasteiger partial charge in [-0.15, -0.1) is 0 Å². The number of carboxylic acid groups (broad SMARTS) is 1. The van der Waals surface area contributed by atoms with Crippen LogP contribution in [-0.2, 0) is 10.0 Å². The van der Waals surface area contributed by atoms with Gasteiger partial charge in [-0.1, -0.05) is 0 Å². The molecule has 1 aromatic rings. The second-order valence-electron chi connectivity index (χ2n) is 4.64. The van der Waals surface area contributed by atoms with Crippen molar-refractivity contribution in [1.82, 2.24) is 4.72 Å².